The van der Waals surface area contributed by atoms with Crippen molar-refractivity contribution in [2.45, 2.75) is 18.9 Å². The predicted octanol–water partition coefficient (Wildman–Crippen LogP) is 2.88. The summed E-state index contributed by atoms with van der Waals surface area (Å²) in [6, 6.07) is 5.84. The van der Waals surface area contributed by atoms with Crippen molar-refractivity contribution >= 4 is 27.9 Å². The number of methoxy groups -OCH3 is 1. The third-order valence-corrected chi connectivity index (χ3v) is 3.87. The summed E-state index contributed by atoms with van der Waals surface area (Å²) in [6.07, 6.45) is 3.45. The van der Waals surface area contributed by atoms with E-state index in [2.05, 4.69) is 20.8 Å². The molecule has 0 aliphatic carbocycles. The van der Waals surface area contributed by atoms with E-state index in [9.17, 15) is 4.79 Å². The van der Waals surface area contributed by atoms with Crippen LogP contribution in [0.4, 0.5) is 5.69 Å². The summed E-state index contributed by atoms with van der Waals surface area (Å²) in [4.78, 5) is 13.1. The number of hydrogen-bond donors (Lipinski definition) is 0. The van der Waals surface area contributed by atoms with Gasteiger partial charge >= 0.3 is 0 Å². The van der Waals surface area contributed by atoms with Crippen LogP contribution in [-0.4, -0.2) is 32.6 Å². The number of ether oxygens (including phenoxy) is 1. The van der Waals surface area contributed by atoms with Gasteiger partial charge in [0.05, 0.1) is 6.10 Å². The van der Waals surface area contributed by atoms with Crippen LogP contribution in [0.2, 0.25) is 0 Å². The van der Waals surface area contributed by atoms with E-state index < -0.39 is 0 Å². The van der Waals surface area contributed by atoms with Gasteiger partial charge in [-0.05, 0) is 47.0 Å². The average Bonchev–Trinajstić information content (AvgIpc) is 2.38. The van der Waals surface area contributed by atoms with Crippen LogP contribution in [0.1, 0.15) is 23.2 Å². The van der Waals surface area contributed by atoms with Crippen LogP contribution < -0.4 is 4.90 Å². The number of carbonyl (C=O) groups is 1. The van der Waals surface area contributed by atoms with Crippen LogP contribution in [0.5, 0.6) is 0 Å². The molecule has 1 heterocycles. The molecule has 92 valence electrons. The van der Waals surface area contributed by atoms with E-state index in [0.717, 1.165) is 42.4 Å². The second-order valence-electron chi connectivity index (χ2n) is 4.27. The lowest BCUT2D eigenvalue weighted by molar-refractivity contribution is 0.0893. The maximum atomic E-state index is 10.7. The number of hydrogen-bond acceptors (Lipinski definition) is 3. The van der Waals surface area contributed by atoms with Gasteiger partial charge in [0, 0.05) is 35.9 Å². The minimum Gasteiger partial charge on any atom is -0.380 e. The number of rotatable bonds is 3. The Hall–Kier alpha value is -0.870. The van der Waals surface area contributed by atoms with E-state index in [1.54, 1.807) is 7.11 Å². The topological polar surface area (TPSA) is 29.5 Å². The van der Waals surface area contributed by atoms with Crippen molar-refractivity contribution in [3.63, 3.8) is 0 Å². The number of nitrogens with zero attached hydrogens (tertiary/aromatic N) is 1. The Morgan fingerprint density at radius 3 is 3.00 bits per heavy atom. The molecule has 1 saturated heterocycles. The number of carbonyl (C=O) groups excluding carboxylic acids is 1. The lowest BCUT2D eigenvalue weighted by atomic mass is 10.1. The third-order valence-electron chi connectivity index (χ3n) is 3.19. The molecule has 0 N–H and O–H groups in total. The van der Waals surface area contributed by atoms with Crippen molar-refractivity contribution in [2.24, 2.45) is 0 Å². The number of benzene rings is 1. The molecule has 4 heteroatoms. The molecule has 0 aromatic heterocycles. The molecule has 1 aliphatic rings. The quantitative estimate of drug-likeness (QED) is 0.804. The number of halogens is 1. The van der Waals surface area contributed by atoms with E-state index in [1.165, 1.54) is 0 Å². The number of anilines is 1. The van der Waals surface area contributed by atoms with E-state index >= 15 is 0 Å². The Morgan fingerprint density at radius 2 is 2.35 bits per heavy atom. The summed E-state index contributed by atoms with van der Waals surface area (Å²) in [5.74, 6) is 0. The first kappa shape index (κ1) is 12.6. The first-order valence-electron chi connectivity index (χ1n) is 5.77. The molecule has 17 heavy (non-hydrogen) atoms. The smallest absolute Gasteiger partial charge is 0.151 e. The Kier molecular flexibility index (Phi) is 4.18. The fourth-order valence-corrected chi connectivity index (χ4v) is 2.63. The fraction of sp³-hybridized carbons (Fsp3) is 0.462. The van der Waals surface area contributed by atoms with Gasteiger partial charge in [0.2, 0.25) is 0 Å². The summed E-state index contributed by atoms with van der Waals surface area (Å²) in [6.45, 7) is 1.97. The van der Waals surface area contributed by atoms with Crippen molar-refractivity contribution in [2.75, 3.05) is 25.1 Å². The maximum absolute atomic E-state index is 10.7. The fourth-order valence-electron chi connectivity index (χ4n) is 2.17. The van der Waals surface area contributed by atoms with Gasteiger partial charge in [-0.2, -0.15) is 0 Å². The Balaban J connectivity index is 2.16. The molecular weight excluding hydrogens is 282 g/mol. The van der Waals surface area contributed by atoms with Gasteiger partial charge in [0.25, 0.3) is 0 Å². The van der Waals surface area contributed by atoms with Crippen molar-refractivity contribution in [3.8, 4) is 0 Å². The molecule has 1 aliphatic heterocycles. The van der Waals surface area contributed by atoms with Crippen LogP contribution >= 0.6 is 15.9 Å². The largest absolute Gasteiger partial charge is 0.380 e. The lowest BCUT2D eigenvalue weighted by Crippen LogP contribution is -2.39. The first-order chi connectivity index (χ1) is 8.24. The Morgan fingerprint density at radius 1 is 1.53 bits per heavy atom. The highest BCUT2D eigenvalue weighted by Gasteiger charge is 2.19. The highest BCUT2D eigenvalue weighted by Crippen LogP contribution is 2.26. The average molecular weight is 298 g/mol. The highest BCUT2D eigenvalue weighted by molar-refractivity contribution is 9.10. The molecule has 0 spiro atoms. The van der Waals surface area contributed by atoms with Crippen LogP contribution in [0.15, 0.2) is 22.7 Å². The van der Waals surface area contributed by atoms with E-state index in [-0.39, 0.29) is 0 Å². The second kappa shape index (κ2) is 5.65. The van der Waals surface area contributed by atoms with Crippen molar-refractivity contribution < 1.29 is 9.53 Å². The summed E-state index contributed by atoms with van der Waals surface area (Å²) in [5, 5.41) is 0. The predicted molar refractivity (Wildman–Crippen MR) is 71.8 cm³/mol. The minimum absolute atomic E-state index is 0.313. The van der Waals surface area contributed by atoms with Crippen LogP contribution in [0.25, 0.3) is 0 Å². The highest BCUT2D eigenvalue weighted by atomic mass is 79.9. The van der Waals surface area contributed by atoms with E-state index in [4.69, 9.17) is 4.74 Å². The molecule has 0 amide bonds. The maximum Gasteiger partial charge on any atom is 0.151 e. The number of aldehydes is 1. The summed E-state index contributed by atoms with van der Waals surface area (Å²) >= 11 is 3.42. The zero-order chi connectivity index (χ0) is 12.3. The first-order valence-corrected chi connectivity index (χ1v) is 6.56. The van der Waals surface area contributed by atoms with Gasteiger partial charge in [-0.3, -0.25) is 4.79 Å². The zero-order valence-corrected chi connectivity index (χ0v) is 11.4. The molecule has 0 saturated carbocycles. The SMILES string of the molecule is COC1CCCN(c2ccc(C=O)c(Br)c2)C1. The van der Waals surface area contributed by atoms with Crippen LogP contribution in [-0.2, 0) is 4.74 Å². The molecule has 3 nitrogen and oxygen atoms in total. The van der Waals surface area contributed by atoms with E-state index in [1.807, 2.05) is 18.2 Å². The molecule has 1 unspecified atom stereocenters. The molecule has 1 fully saturated rings. The van der Waals surface area contributed by atoms with Gasteiger partial charge in [-0.25, -0.2) is 0 Å². The zero-order valence-electron chi connectivity index (χ0n) is 9.86. The Labute approximate surface area is 110 Å². The monoisotopic (exact) mass is 297 g/mol. The molecule has 0 radical (unpaired) electrons. The van der Waals surface area contributed by atoms with Gasteiger partial charge in [0.15, 0.2) is 6.29 Å². The second-order valence-corrected chi connectivity index (χ2v) is 5.12. The standard InChI is InChI=1S/C13H16BrNO2/c1-17-12-3-2-6-15(8-12)11-5-4-10(9-16)13(14)7-11/h4-5,7,9,12H,2-3,6,8H2,1H3. The Bertz CT molecular complexity index is 408. The molecule has 1 aromatic carbocycles. The van der Waals surface area contributed by atoms with Crippen LogP contribution in [0.3, 0.4) is 0 Å². The third kappa shape index (κ3) is 2.87. The van der Waals surface area contributed by atoms with Gasteiger partial charge in [-0.1, -0.05) is 0 Å². The minimum atomic E-state index is 0.313. The van der Waals surface area contributed by atoms with Crippen molar-refractivity contribution in [3.05, 3.63) is 28.2 Å². The molecular formula is C13H16BrNO2. The van der Waals surface area contributed by atoms with E-state index in [0.29, 0.717) is 11.7 Å². The summed E-state index contributed by atoms with van der Waals surface area (Å²) in [7, 11) is 1.76. The molecule has 0 bridgehead atoms. The van der Waals surface area contributed by atoms with Crippen molar-refractivity contribution in [1.29, 1.82) is 0 Å². The molecule has 1 aromatic rings. The number of piperidine rings is 1. The molecule has 1 atom stereocenters. The normalized spacial score (nSPS) is 20.4. The van der Waals surface area contributed by atoms with Crippen LogP contribution in [0, 0.1) is 0 Å². The summed E-state index contributed by atoms with van der Waals surface area (Å²) < 4.78 is 6.26. The lowest BCUT2D eigenvalue weighted by Gasteiger charge is -2.33. The summed E-state index contributed by atoms with van der Waals surface area (Å²) in [5.41, 5.74) is 1.83. The van der Waals surface area contributed by atoms with Gasteiger partial charge < -0.3 is 9.64 Å². The van der Waals surface area contributed by atoms with Gasteiger partial charge in [-0.15, -0.1) is 0 Å². The van der Waals surface area contributed by atoms with Gasteiger partial charge in [0.1, 0.15) is 0 Å². The van der Waals surface area contributed by atoms with Crippen molar-refractivity contribution in [1.82, 2.24) is 0 Å². The molecule has 2 rings (SSSR count).